The van der Waals surface area contributed by atoms with Crippen molar-refractivity contribution in [3.05, 3.63) is 0 Å². The van der Waals surface area contributed by atoms with Gasteiger partial charge < -0.3 is 16.4 Å². The molecule has 1 heterocycles. The summed E-state index contributed by atoms with van der Waals surface area (Å²) in [5.74, 6) is 0. The summed E-state index contributed by atoms with van der Waals surface area (Å²) in [6, 6.07) is 0.648. The van der Waals surface area contributed by atoms with E-state index in [0.29, 0.717) is 19.3 Å². The molecule has 1 atom stereocenters. The first-order chi connectivity index (χ1) is 10.0. The van der Waals surface area contributed by atoms with Gasteiger partial charge in [-0.25, -0.2) is 0 Å². The average molecular weight is 322 g/mol. The molecule has 0 aromatic carbocycles. The van der Waals surface area contributed by atoms with Crippen molar-refractivity contribution in [3.63, 3.8) is 0 Å². The van der Waals surface area contributed by atoms with Crippen molar-refractivity contribution >= 4 is 8.25 Å². The molecule has 1 unspecified atom stereocenters. The molecule has 1 aliphatic heterocycles. The third-order valence-corrected chi connectivity index (χ3v) is 4.22. The number of hydrogen-bond donors (Lipinski definition) is 2. The van der Waals surface area contributed by atoms with Gasteiger partial charge in [0, 0.05) is 10.6 Å². The van der Waals surface area contributed by atoms with Gasteiger partial charge in [-0.3, -0.25) is 0 Å². The van der Waals surface area contributed by atoms with Gasteiger partial charge in [-0.05, 0) is 52.1 Å². The molecule has 0 radical (unpaired) electrons. The number of rotatable bonds is 7. The number of hydrogen-bond acceptors (Lipinski definition) is 6. The molecular weight excluding hydrogens is 289 g/mol. The highest BCUT2D eigenvalue weighted by Gasteiger charge is 2.21. The standard InChI is InChI=1S/C10H25N3.C4H8O3P/c1-4-8-13(3)9(5-2)6-7-10(11)12;5-8-6-3-1-2-4-7-8/h9-10H,4-8,11-12H2,1-3H3;1-4H2/q;+1. The molecule has 0 saturated carbocycles. The maximum atomic E-state index is 10.4. The van der Waals surface area contributed by atoms with Crippen LogP contribution in [0.15, 0.2) is 0 Å². The van der Waals surface area contributed by atoms with Crippen molar-refractivity contribution in [2.24, 2.45) is 11.5 Å². The molecule has 0 bridgehead atoms. The number of nitrogens with two attached hydrogens (primary N) is 2. The van der Waals surface area contributed by atoms with Gasteiger partial charge in [-0.2, -0.15) is 0 Å². The minimum atomic E-state index is -1.77. The van der Waals surface area contributed by atoms with E-state index in [9.17, 15) is 4.57 Å². The minimum absolute atomic E-state index is 0.149. The first-order valence-corrected chi connectivity index (χ1v) is 9.05. The lowest BCUT2D eigenvalue weighted by atomic mass is 10.1. The lowest BCUT2D eigenvalue weighted by Gasteiger charge is -2.27. The maximum absolute atomic E-state index is 10.4. The summed E-state index contributed by atoms with van der Waals surface area (Å²) in [5, 5.41) is 0. The molecule has 1 saturated heterocycles. The van der Waals surface area contributed by atoms with E-state index in [1.165, 1.54) is 12.8 Å². The van der Waals surface area contributed by atoms with Gasteiger partial charge in [0.15, 0.2) is 0 Å². The third-order valence-electron chi connectivity index (χ3n) is 3.44. The predicted molar refractivity (Wildman–Crippen MR) is 87.1 cm³/mol. The molecule has 21 heavy (non-hydrogen) atoms. The van der Waals surface area contributed by atoms with Gasteiger partial charge >= 0.3 is 8.25 Å². The fourth-order valence-corrected chi connectivity index (χ4v) is 2.81. The molecule has 0 aromatic rings. The lowest BCUT2D eigenvalue weighted by molar-refractivity contribution is 0.218. The molecule has 4 N–H and O–H groups in total. The van der Waals surface area contributed by atoms with Crippen molar-refractivity contribution in [2.75, 3.05) is 26.8 Å². The van der Waals surface area contributed by atoms with E-state index < -0.39 is 8.25 Å². The molecule has 1 aliphatic rings. The zero-order valence-corrected chi connectivity index (χ0v) is 14.7. The van der Waals surface area contributed by atoms with Gasteiger partial charge in [-0.1, -0.05) is 13.8 Å². The fourth-order valence-electron chi connectivity index (χ4n) is 2.18. The Morgan fingerprint density at radius 2 is 1.71 bits per heavy atom. The highest BCUT2D eigenvalue weighted by atomic mass is 31.1. The first-order valence-electron chi connectivity index (χ1n) is 7.95. The lowest BCUT2D eigenvalue weighted by Crippen LogP contribution is -2.36. The van der Waals surface area contributed by atoms with E-state index in [-0.39, 0.29) is 6.17 Å². The monoisotopic (exact) mass is 322 g/mol. The smallest absolute Gasteiger partial charge is 0.316 e. The molecule has 7 heteroatoms. The summed E-state index contributed by atoms with van der Waals surface area (Å²) in [5.41, 5.74) is 11.1. The van der Waals surface area contributed by atoms with Crippen LogP contribution in [0.25, 0.3) is 0 Å². The van der Waals surface area contributed by atoms with E-state index in [0.717, 1.165) is 32.2 Å². The zero-order valence-electron chi connectivity index (χ0n) is 13.8. The Balaban J connectivity index is 0.000000423. The van der Waals surface area contributed by atoms with E-state index in [1.807, 2.05) is 0 Å². The van der Waals surface area contributed by atoms with Crippen LogP contribution >= 0.6 is 8.25 Å². The van der Waals surface area contributed by atoms with Crippen LogP contribution in [-0.4, -0.2) is 43.9 Å². The molecule has 0 spiro atoms. The van der Waals surface area contributed by atoms with Gasteiger partial charge in [0.2, 0.25) is 0 Å². The predicted octanol–water partition coefficient (Wildman–Crippen LogP) is 2.60. The SMILES string of the molecule is CCCN(C)C(CC)CCC(N)N.O=[P+]1OCCCCO1. The first kappa shape index (κ1) is 20.9. The normalized spacial score (nSPS) is 17.4. The topological polar surface area (TPSA) is 90.8 Å². The Labute approximate surface area is 130 Å². The van der Waals surface area contributed by atoms with E-state index in [1.54, 1.807) is 0 Å². The van der Waals surface area contributed by atoms with Crippen LogP contribution in [0.5, 0.6) is 0 Å². The summed E-state index contributed by atoms with van der Waals surface area (Å²) >= 11 is 0. The second-order valence-electron chi connectivity index (χ2n) is 5.38. The Bertz CT molecular complexity index is 258. The largest absolute Gasteiger partial charge is 0.697 e. The van der Waals surface area contributed by atoms with Crippen molar-refractivity contribution in [1.29, 1.82) is 0 Å². The highest BCUT2D eigenvalue weighted by Crippen LogP contribution is 2.26. The van der Waals surface area contributed by atoms with Gasteiger partial charge in [0.25, 0.3) is 0 Å². The molecule has 1 rings (SSSR count). The Kier molecular flexibility index (Phi) is 13.5. The van der Waals surface area contributed by atoms with Crippen molar-refractivity contribution in [3.8, 4) is 0 Å². The van der Waals surface area contributed by atoms with Crippen molar-refractivity contribution in [2.45, 2.75) is 64.6 Å². The summed E-state index contributed by atoms with van der Waals surface area (Å²) in [4.78, 5) is 2.41. The van der Waals surface area contributed by atoms with Crippen LogP contribution < -0.4 is 11.5 Å². The van der Waals surface area contributed by atoms with Crippen LogP contribution in [0.1, 0.15) is 52.4 Å². The molecule has 0 amide bonds. The summed E-state index contributed by atoms with van der Waals surface area (Å²) < 4.78 is 19.8. The summed E-state index contributed by atoms with van der Waals surface area (Å²) in [6.07, 6.45) is 6.20. The highest BCUT2D eigenvalue weighted by molar-refractivity contribution is 7.33. The Hall–Kier alpha value is -0.100. The minimum Gasteiger partial charge on any atom is -0.316 e. The average Bonchev–Trinajstić information content (AvgIpc) is 2.68. The van der Waals surface area contributed by atoms with Crippen LogP contribution in [0.2, 0.25) is 0 Å². The molecule has 1 fully saturated rings. The zero-order chi connectivity index (χ0) is 16.1. The fraction of sp³-hybridized carbons (Fsp3) is 1.00. The second-order valence-corrected chi connectivity index (χ2v) is 6.34. The molecule has 0 aromatic heterocycles. The summed E-state index contributed by atoms with van der Waals surface area (Å²) in [7, 11) is 0.412. The Morgan fingerprint density at radius 3 is 2.14 bits per heavy atom. The number of nitrogens with zero attached hydrogens (tertiary/aromatic N) is 1. The Morgan fingerprint density at radius 1 is 1.14 bits per heavy atom. The molecule has 126 valence electrons. The van der Waals surface area contributed by atoms with Crippen LogP contribution in [0.4, 0.5) is 0 Å². The quantitative estimate of drug-likeness (QED) is 0.553. The van der Waals surface area contributed by atoms with E-state index in [4.69, 9.17) is 11.5 Å². The maximum Gasteiger partial charge on any atom is 0.697 e. The van der Waals surface area contributed by atoms with Crippen molar-refractivity contribution < 1.29 is 13.6 Å². The van der Waals surface area contributed by atoms with Crippen LogP contribution in [0, 0.1) is 0 Å². The summed E-state index contributed by atoms with van der Waals surface area (Å²) in [6.45, 7) is 6.75. The second kappa shape index (κ2) is 13.6. The third kappa shape index (κ3) is 12.2. The van der Waals surface area contributed by atoms with Gasteiger partial charge in [-0.15, -0.1) is 9.05 Å². The van der Waals surface area contributed by atoms with E-state index >= 15 is 0 Å². The van der Waals surface area contributed by atoms with Crippen LogP contribution in [0.3, 0.4) is 0 Å². The van der Waals surface area contributed by atoms with E-state index in [2.05, 4.69) is 34.8 Å². The molecular formula is C14H33N3O3P+. The van der Waals surface area contributed by atoms with Gasteiger partial charge in [0.1, 0.15) is 13.2 Å². The van der Waals surface area contributed by atoms with Gasteiger partial charge in [0.05, 0.1) is 6.17 Å². The van der Waals surface area contributed by atoms with Crippen molar-refractivity contribution in [1.82, 2.24) is 4.90 Å². The molecule has 6 nitrogen and oxygen atoms in total. The molecule has 0 aliphatic carbocycles. The van der Waals surface area contributed by atoms with Crippen LogP contribution in [-0.2, 0) is 13.6 Å².